The molecule has 8 heteroatoms. The number of likely N-dealkylation sites (N-methyl/N-ethyl adjacent to an activating group) is 1. The summed E-state index contributed by atoms with van der Waals surface area (Å²) in [7, 11) is 2.04. The van der Waals surface area contributed by atoms with E-state index >= 15 is 0 Å². The van der Waals surface area contributed by atoms with Crippen molar-refractivity contribution in [3.05, 3.63) is 11.8 Å². The molecule has 0 spiro atoms. The number of hydrogen-bond donors (Lipinski definition) is 0. The van der Waals surface area contributed by atoms with Gasteiger partial charge in [-0.1, -0.05) is 32.3 Å². The first-order valence-electron chi connectivity index (χ1n) is 8.34. The summed E-state index contributed by atoms with van der Waals surface area (Å²) in [5.74, 6) is 0.616. The van der Waals surface area contributed by atoms with Gasteiger partial charge in [-0.3, -0.25) is 4.48 Å². The largest absolute Gasteiger partial charge is 0.475 e. The second-order valence-electron chi connectivity index (χ2n) is 6.36. The summed E-state index contributed by atoms with van der Waals surface area (Å²) in [6.45, 7) is 4.71. The van der Waals surface area contributed by atoms with Gasteiger partial charge in [-0.25, -0.2) is 4.79 Å². The Balaban J connectivity index is 1.95. The van der Waals surface area contributed by atoms with Crippen LogP contribution in [0.5, 0.6) is 5.88 Å². The zero-order chi connectivity index (χ0) is 17.4. The zero-order valence-electron chi connectivity index (χ0n) is 14.3. The van der Waals surface area contributed by atoms with Crippen LogP contribution in [0.25, 0.3) is 5.57 Å². The minimum atomic E-state index is -0.767. The molecule has 1 aromatic rings. The number of aromatic nitrogens is 2. The Morgan fingerprint density at radius 2 is 2.21 bits per heavy atom. The van der Waals surface area contributed by atoms with Crippen LogP contribution in [-0.2, 0) is 4.74 Å². The summed E-state index contributed by atoms with van der Waals surface area (Å²) in [5, 5.41) is 0. The molecule has 0 aliphatic carbocycles. The second kappa shape index (κ2) is 9.34. The molecule has 0 radical (unpaired) electrons. The quantitative estimate of drug-likeness (QED) is 0.370. The fraction of sp³-hybridized carbons (Fsp3) is 0.688. The molecule has 1 unspecified atom stereocenters. The van der Waals surface area contributed by atoms with E-state index in [0.29, 0.717) is 23.5 Å². The second-order valence-corrected chi connectivity index (χ2v) is 7.19. The Labute approximate surface area is 152 Å². The van der Waals surface area contributed by atoms with Crippen LogP contribution in [-0.4, -0.2) is 52.1 Å². The highest BCUT2D eigenvalue weighted by Gasteiger charge is 2.31. The van der Waals surface area contributed by atoms with Crippen LogP contribution in [0, 0.1) is 0 Å². The van der Waals surface area contributed by atoms with E-state index in [-0.39, 0.29) is 6.73 Å². The number of hydrogen-bond acceptors (Lipinski definition) is 6. The minimum Gasteiger partial charge on any atom is -0.475 e. The maximum atomic E-state index is 10.9. The monoisotopic (exact) mass is 374 g/mol. The summed E-state index contributed by atoms with van der Waals surface area (Å²) >= 11 is 6.45. The molecule has 0 amide bonds. The van der Waals surface area contributed by atoms with E-state index in [2.05, 4.69) is 21.7 Å². The Morgan fingerprint density at radius 3 is 2.96 bits per heavy atom. The first-order valence-corrected chi connectivity index (χ1v) is 9.45. The van der Waals surface area contributed by atoms with Gasteiger partial charge in [0.2, 0.25) is 6.73 Å². The number of halogens is 1. The van der Waals surface area contributed by atoms with Crippen LogP contribution < -0.4 is 4.74 Å². The van der Waals surface area contributed by atoms with Crippen molar-refractivity contribution in [2.24, 2.45) is 0 Å². The van der Waals surface area contributed by atoms with Crippen molar-refractivity contribution in [2.45, 2.75) is 39.0 Å². The lowest BCUT2D eigenvalue weighted by atomic mass is 10.1. The molecule has 1 aliphatic rings. The van der Waals surface area contributed by atoms with Crippen LogP contribution in [0.4, 0.5) is 4.79 Å². The number of nitrogens with zero attached hydrogens (tertiary/aromatic N) is 3. The molecule has 24 heavy (non-hydrogen) atoms. The lowest BCUT2D eigenvalue weighted by molar-refractivity contribution is -0.919. The number of carbonyl (C=O) groups excluding carboxylic acids is 1. The zero-order valence-corrected chi connectivity index (χ0v) is 15.9. The average molecular weight is 375 g/mol. The van der Waals surface area contributed by atoms with Crippen LogP contribution in [0.3, 0.4) is 0 Å². The molecule has 0 N–H and O–H groups in total. The first kappa shape index (κ1) is 19.1. The minimum absolute atomic E-state index is 0.254. The number of rotatable bonds is 9. The van der Waals surface area contributed by atoms with E-state index in [9.17, 15) is 4.79 Å². The lowest BCUT2D eigenvalue weighted by Gasteiger charge is -2.36. The molecule has 0 bridgehead atoms. The van der Waals surface area contributed by atoms with Crippen molar-refractivity contribution < 1.29 is 18.8 Å². The standard InChI is InChI=1S/C16H25ClN3O3S/c1-3-4-5-6-10-22-15-14(18-24-19-15)13-8-7-9-20(2,11-13)12-23-16(17)21/h8H,3-7,9-12H2,1-2H3/q+1. The number of quaternary nitrogens is 1. The van der Waals surface area contributed by atoms with Gasteiger partial charge in [0.15, 0.2) is 0 Å². The van der Waals surface area contributed by atoms with E-state index in [0.717, 1.165) is 30.7 Å². The third kappa shape index (κ3) is 5.72. The van der Waals surface area contributed by atoms with Gasteiger partial charge in [0, 0.05) is 23.6 Å². The highest BCUT2D eigenvalue weighted by Crippen LogP contribution is 2.30. The maximum absolute atomic E-state index is 10.9. The van der Waals surface area contributed by atoms with Crippen molar-refractivity contribution >= 4 is 34.3 Å². The summed E-state index contributed by atoms with van der Waals surface area (Å²) in [4.78, 5) is 10.9. The van der Waals surface area contributed by atoms with Gasteiger partial charge in [-0.05, 0) is 6.42 Å². The number of unbranched alkanes of at least 4 members (excludes halogenated alkanes) is 3. The third-order valence-corrected chi connectivity index (χ3v) is 4.72. The summed E-state index contributed by atoms with van der Waals surface area (Å²) < 4.78 is 20.1. The van der Waals surface area contributed by atoms with Gasteiger partial charge in [0.25, 0.3) is 5.88 Å². The SMILES string of the molecule is CCCCCCOc1nsnc1C1=CCC[N+](C)(COC(=O)Cl)C1. The van der Waals surface area contributed by atoms with Gasteiger partial charge in [0.05, 0.1) is 31.9 Å². The summed E-state index contributed by atoms with van der Waals surface area (Å²) in [6.07, 6.45) is 7.70. The van der Waals surface area contributed by atoms with E-state index < -0.39 is 5.43 Å². The third-order valence-electron chi connectivity index (χ3n) is 4.10. The van der Waals surface area contributed by atoms with Crippen molar-refractivity contribution in [2.75, 3.05) is 33.5 Å². The van der Waals surface area contributed by atoms with Crippen molar-refractivity contribution in [1.29, 1.82) is 0 Å². The van der Waals surface area contributed by atoms with Crippen molar-refractivity contribution in [3.8, 4) is 5.88 Å². The van der Waals surface area contributed by atoms with Crippen LogP contribution in [0.2, 0.25) is 0 Å². The van der Waals surface area contributed by atoms with E-state index in [1.54, 1.807) is 0 Å². The van der Waals surface area contributed by atoms with E-state index in [4.69, 9.17) is 21.1 Å². The van der Waals surface area contributed by atoms with Gasteiger partial charge in [-0.2, -0.15) is 4.37 Å². The molecule has 0 saturated carbocycles. The molecule has 134 valence electrons. The van der Waals surface area contributed by atoms with Crippen LogP contribution in [0.15, 0.2) is 6.08 Å². The summed E-state index contributed by atoms with van der Waals surface area (Å²) in [5.41, 5.74) is 1.14. The predicted molar refractivity (Wildman–Crippen MR) is 95.3 cm³/mol. The molecule has 0 saturated heterocycles. The van der Waals surface area contributed by atoms with Crippen molar-refractivity contribution in [3.63, 3.8) is 0 Å². The fourth-order valence-corrected chi connectivity index (χ4v) is 3.34. The predicted octanol–water partition coefficient (Wildman–Crippen LogP) is 4.06. The first-order chi connectivity index (χ1) is 11.5. The molecule has 2 rings (SSSR count). The molecule has 0 fully saturated rings. The fourth-order valence-electron chi connectivity index (χ4n) is 2.76. The molecule has 6 nitrogen and oxygen atoms in total. The molecular weight excluding hydrogens is 350 g/mol. The summed E-state index contributed by atoms with van der Waals surface area (Å²) in [6, 6.07) is 0. The Bertz CT molecular complexity index is 579. The van der Waals surface area contributed by atoms with Crippen LogP contribution in [0.1, 0.15) is 44.7 Å². The molecular formula is C16H25ClN3O3S+. The molecule has 0 aromatic carbocycles. The maximum Gasteiger partial charge on any atom is 0.408 e. The normalized spacial score (nSPS) is 20.5. The average Bonchev–Trinajstić information content (AvgIpc) is 3.01. The van der Waals surface area contributed by atoms with E-state index in [1.165, 1.54) is 31.0 Å². The topological polar surface area (TPSA) is 61.3 Å². The molecule has 1 aliphatic heterocycles. The van der Waals surface area contributed by atoms with Gasteiger partial charge in [-0.15, -0.1) is 4.37 Å². The number of ether oxygens (including phenoxy) is 2. The molecule has 2 heterocycles. The Morgan fingerprint density at radius 1 is 1.38 bits per heavy atom. The van der Waals surface area contributed by atoms with Crippen LogP contribution >= 0.6 is 23.3 Å². The highest BCUT2D eigenvalue weighted by atomic mass is 35.5. The molecule has 1 atom stereocenters. The lowest BCUT2D eigenvalue weighted by Crippen LogP contribution is -2.49. The van der Waals surface area contributed by atoms with Gasteiger partial charge in [0.1, 0.15) is 12.2 Å². The van der Waals surface area contributed by atoms with Crippen molar-refractivity contribution in [1.82, 2.24) is 8.75 Å². The smallest absolute Gasteiger partial charge is 0.408 e. The Kier molecular flexibility index (Phi) is 7.45. The molecule has 1 aromatic heterocycles. The van der Waals surface area contributed by atoms with Gasteiger partial charge >= 0.3 is 5.43 Å². The Hall–Kier alpha value is -1.18. The van der Waals surface area contributed by atoms with E-state index in [1.807, 2.05) is 7.05 Å². The number of carbonyl (C=O) groups is 1. The van der Waals surface area contributed by atoms with Gasteiger partial charge < -0.3 is 9.47 Å². The highest BCUT2D eigenvalue weighted by molar-refractivity contribution is 6.99.